The van der Waals surface area contributed by atoms with Crippen LogP contribution in [0.15, 0.2) is 36.4 Å². The number of nitrogens with zero attached hydrogens (tertiary/aromatic N) is 2. The molecule has 0 aromatic heterocycles. The minimum absolute atomic E-state index is 0.0412. The highest BCUT2D eigenvalue weighted by Crippen LogP contribution is 2.33. The number of benzene rings is 2. The van der Waals surface area contributed by atoms with Crippen molar-refractivity contribution in [2.45, 2.75) is 25.8 Å². The first-order chi connectivity index (χ1) is 13.8. The van der Waals surface area contributed by atoms with E-state index in [2.05, 4.69) is 5.32 Å². The molecule has 2 aromatic rings. The van der Waals surface area contributed by atoms with Gasteiger partial charge in [-0.3, -0.25) is 24.6 Å². The fourth-order valence-electron chi connectivity index (χ4n) is 3.32. The van der Waals surface area contributed by atoms with E-state index in [1.165, 1.54) is 37.3 Å². The second-order valence-electron chi connectivity index (χ2n) is 6.57. The second-order valence-corrected chi connectivity index (χ2v) is 6.57. The van der Waals surface area contributed by atoms with E-state index in [0.29, 0.717) is 34.9 Å². The lowest BCUT2D eigenvalue weighted by atomic mass is 9.98. The number of nitrogens with one attached hydrogen (secondary N) is 1. The van der Waals surface area contributed by atoms with Gasteiger partial charge < -0.3 is 14.8 Å². The fraction of sp³-hybridized carbons (Fsp3) is 0.300. The Hall–Kier alpha value is -3.62. The predicted molar refractivity (Wildman–Crippen MR) is 107 cm³/mol. The van der Waals surface area contributed by atoms with E-state index in [-0.39, 0.29) is 18.0 Å². The first-order valence-electron chi connectivity index (χ1n) is 8.98. The van der Waals surface area contributed by atoms with Crippen LogP contribution in [-0.2, 0) is 16.0 Å². The third-order valence-electron chi connectivity index (χ3n) is 4.83. The summed E-state index contributed by atoms with van der Waals surface area (Å²) in [6, 6.07) is 8.46. The second kappa shape index (κ2) is 8.17. The van der Waals surface area contributed by atoms with Crippen LogP contribution >= 0.6 is 0 Å². The minimum atomic E-state index is -0.809. The molecule has 0 bridgehead atoms. The van der Waals surface area contributed by atoms with E-state index < -0.39 is 16.9 Å². The van der Waals surface area contributed by atoms with Crippen molar-refractivity contribution < 1.29 is 24.0 Å². The lowest BCUT2D eigenvalue weighted by Crippen LogP contribution is -2.48. The molecule has 1 heterocycles. The van der Waals surface area contributed by atoms with Crippen molar-refractivity contribution >= 4 is 28.9 Å². The van der Waals surface area contributed by atoms with Gasteiger partial charge in [0, 0.05) is 36.0 Å². The van der Waals surface area contributed by atoms with Crippen molar-refractivity contribution in [3.05, 3.63) is 52.1 Å². The largest absolute Gasteiger partial charge is 0.493 e. The number of hydrogen-bond acceptors (Lipinski definition) is 6. The van der Waals surface area contributed by atoms with Gasteiger partial charge >= 0.3 is 0 Å². The molecule has 3 rings (SSSR count). The molecule has 0 saturated heterocycles. The molecule has 1 unspecified atom stereocenters. The van der Waals surface area contributed by atoms with Crippen LogP contribution in [-0.4, -0.2) is 37.0 Å². The van der Waals surface area contributed by atoms with Crippen molar-refractivity contribution in [3.8, 4) is 11.5 Å². The summed E-state index contributed by atoms with van der Waals surface area (Å²) in [5, 5.41) is 13.8. The fourth-order valence-corrected chi connectivity index (χ4v) is 3.32. The molecule has 0 spiro atoms. The van der Waals surface area contributed by atoms with Crippen molar-refractivity contribution in [1.82, 2.24) is 0 Å². The highest BCUT2D eigenvalue weighted by atomic mass is 16.6. The van der Waals surface area contributed by atoms with Gasteiger partial charge in [0.05, 0.1) is 19.1 Å². The molecule has 0 aliphatic carbocycles. The van der Waals surface area contributed by atoms with Gasteiger partial charge in [0.15, 0.2) is 11.5 Å². The maximum atomic E-state index is 12.8. The topological polar surface area (TPSA) is 111 Å². The zero-order valence-electron chi connectivity index (χ0n) is 16.3. The van der Waals surface area contributed by atoms with Crippen LogP contribution in [0.4, 0.5) is 17.1 Å². The summed E-state index contributed by atoms with van der Waals surface area (Å²) in [5.41, 5.74) is 1.64. The summed E-state index contributed by atoms with van der Waals surface area (Å²) in [4.78, 5) is 37.3. The molecular formula is C20H21N3O6. The summed E-state index contributed by atoms with van der Waals surface area (Å²) in [7, 11) is 3.01. The molecule has 9 nitrogen and oxygen atoms in total. The number of fused-ring (bicyclic) bond motifs is 1. The molecule has 0 fully saturated rings. The number of non-ortho nitro benzene ring substituents is 1. The molecular weight excluding hydrogens is 378 g/mol. The number of nitro benzene ring substituents is 1. The molecule has 1 aliphatic rings. The molecule has 2 amide bonds. The number of amides is 2. The molecule has 152 valence electrons. The molecule has 1 aliphatic heterocycles. The Balaban J connectivity index is 1.84. The van der Waals surface area contributed by atoms with Crippen LogP contribution < -0.4 is 19.7 Å². The van der Waals surface area contributed by atoms with E-state index in [1.54, 1.807) is 25.1 Å². The van der Waals surface area contributed by atoms with Crippen LogP contribution in [0, 0.1) is 10.1 Å². The predicted octanol–water partition coefficient (Wildman–Crippen LogP) is 2.92. The van der Waals surface area contributed by atoms with Gasteiger partial charge in [0.1, 0.15) is 6.04 Å². The van der Waals surface area contributed by atoms with Gasteiger partial charge in [-0.05, 0) is 37.1 Å². The van der Waals surface area contributed by atoms with Crippen molar-refractivity contribution in [2.24, 2.45) is 0 Å². The molecule has 1 atom stereocenters. The van der Waals surface area contributed by atoms with Crippen LogP contribution in [0.2, 0.25) is 0 Å². The number of hydrogen-bond donors (Lipinski definition) is 1. The number of carbonyl (C=O) groups is 2. The van der Waals surface area contributed by atoms with Crippen LogP contribution in [0.5, 0.6) is 11.5 Å². The minimum Gasteiger partial charge on any atom is -0.493 e. The lowest BCUT2D eigenvalue weighted by Gasteiger charge is -2.33. The Morgan fingerprint density at radius 3 is 2.52 bits per heavy atom. The quantitative estimate of drug-likeness (QED) is 0.591. The highest BCUT2D eigenvalue weighted by molar-refractivity contribution is 6.06. The van der Waals surface area contributed by atoms with Crippen LogP contribution in [0.3, 0.4) is 0 Å². The van der Waals surface area contributed by atoms with E-state index in [1.807, 2.05) is 0 Å². The van der Waals surface area contributed by atoms with Crippen LogP contribution in [0.25, 0.3) is 0 Å². The number of anilines is 2. The van der Waals surface area contributed by atoms with E-state index in [9.17, 15) is 19.7 Å². The highest BCUT2D eigenvalue weighted by Gasteiger charge is 2.32. The normalized spacial score (nSPS) is 14.0. The Morgan fingerprint density at radius 1 is 1.14 bits per heavy atom. The first kappa shape index (κ1) is 20.1. The van der Waals surface area contributed by atoms with Gasteiger partial charge in [0.25, 0.3) is 5.69 Å². The Labute approximate surface area is 167 Å². The number of nitro groups is 1. The van der Waals surface area contributed by atoms with E-state index >= 15 is 0 Å². The van der Waals surface area contributed by atoms with Crippen LogP contribution in [0.1, 0.15) is 18.9 Å². The van der Waals surface area contributed by atoms with E-state index in [4.69, 9.17) is 9.47 Å². The van der Waals surface area contributed by atoms with Gasteiger partial charge in [-0.1, -0.05) is 0 Å². The maximum Gasteiger partial charge on any atom is 0.269 e. The van der Waals surface area contributed by atoms with Gasteiger partial charge in [-0.2, -0.15) is 0 Å². The summed E-state index contributed by atoms with van der Waals surface area (Å²) >= 11 is 0. The van der Waals surface area contributed by atoms with Crippen molar-refractivity contribution in [3.63, 3.8) is 0 Å². The number of carbonyl (C=O) groups excluding carboxylic acids is 2. The lowest BCUT2D eigenvalue weighted by molar-refractivity contribution is -0.384. The molecule has 0 radical (unpaired) electrons. The molecule has 0 saturated carbocycles. The Morgan fingerprint density at radius 2 is 1.86 bits per heavy atom. The smallest absolute Gasteiger partial charge is 0.269 e. The van der Waals surface area contributed by atoms with Gasteiger partial charge in [0.2, 0.25) is 11.8 Å². The zero-order chi connectivity index (χ0) is 21.1. The van der Waals surface area contributed by atoms with Crippen molar-refractivity contribution in [1.29, 1.82) is 0 Å². The Kier molecular flexibility index (Phi) is 5.67. The summed E-state index contributed by atoms with van der Waals surface area (Å²) in [6.07, 6.45) is 0.582. The maximum absolute atomic E-state index is 12.8. The van der Waals surface area contributed by atoms with Gasteiger partial charge in [-0.25, -0.2) is 0 Å². The molecule has 9 heteroatoms. The summed E-state index contributed by atoms with van der Waals surface area (Å²) in [6.45, 7) is 1.62. The average molecular weight is 399 g/mol. The van der Waals surface area contributed by atoms with E-state index in [0.717, 1.165) is 0 Å². The molecule has 29 heavy (non-hydrogen) atoms. The standard InChI is InChI=1S/C20H21N3O6/c1-12(20(25)21-14-5-8-17(28-2)18(11-14)29-3)22-16-7-6-15(23(26)27)10-13(16)4-9-19(22)24/h5-8,10-12H,4,9H2,1-3H3,(H,21,25). The molecule has 2 aromatic carbocycles. The zero-order valence-corrected chi connectivity index (χ0v) is 16.3. The average Bonchev–Trinajstić information content (AvgIpc) is 2.72. The third kappa shape index (κ3) is 3.98. The number of ether oxygens (including phenoxy) is 2. The number of rotatable bonds is 6. The SMILES string of the molecule is COc1ccc(NC(=O)C(C)N2C(=O)CCc3cc([N+](=O)[O-])ccc32)cc1OC. The molecule has 1 N–H and O–H groups in total. The van der Waals surface area contributed by atoms with Crippen molar-refractivity contribution in [2.75, 3.05) is 24.4 Å². The summed E-state index contributed by atoms with van der Waals surface area (Å²) < 4.78 is 10.4. The third-order valence-corrected chi connectivity index (χ3v) is 4.83. The van der Waals surface area contributed by atoms with Gasteiger partial charge in [-0.15, -0.1) is 0 Å². The monoisotopic (exact) mass is 399 g/mol. The first-order valence-corrected chi connectivity index (χ1v) is 8.98. The Bertz CT molecular complexity index is 975. The number of methoxy groups -OCH3 is 2. The summed E-state index contributed by atoms with van der Waals surface area (Å²) in [5.74, 6) is 0.392. The number of aryl methyl sites for hydroxylation is 1.